The van der Waals surface area contributed by atoms with Gasteiger partial charge in [0.15, 0.2) is 11.5 Å². The molecule has 1 aromatic carbocycles. The highest BCUT2D eigenvalue weighted by atomic mass is 32.1. The molecule has 142 valence electrons. The number of nitrogens with zero attached hydrogens (tertiary/aromatic N) is 2. The first-order valence-corrected chi connectivity index (χ1v) is 9.67. The summed E-state index contributed by atoms with van der Waals surface area (Å²) in [6.07, 6.45) is 1.60. The quantitative estimate of drug-likeness (QED) is 0.556. The minimum Gasteiger partial charge on any atom is -0.464 e. The van der Waals surface area contributed by atoms with Gasteiger partial charge >= 0.3 is 0 Å². The van der Waals surface area contributed by atoms with Crippen molar-refractivity contribution in [1.82, 2.24) is 14.9 Å². The lowest BCUT2D eigenvalue weighted by Crippen LogP contribution is -2.21. The Morgan fingerprint density at radius 3 is 2.96 bits per heavy atom. The highest BCUT2D eigenvalue weighted by Crippen LogP contribution is 2.33. The van der Waals surface area contributed by atoms with Crippen LogP contribution < -0.4 is 15.0 Å². The Hall–Kier alpha value is -3.10. The van der Waals surface area contributed by atoms with Crippen LogP contribution in [0.4, 0.5) is 0 Å². The van der Waals surface area contributed by atoms with Gasteiger partial charge in [-0.3, -0.25) is 9.69 Å². The van der Waals surface area contributed by atoms with E-state index >= 15 is 0 Å². The Morgan fingerprint density at radius 2 is 2.11 bits per heavy atom. The van der Waals surface area contributed by atoms with Crippen LogP contribution in [-0.4, -0.2) is 28.7 Å². The zero-order valence-electron chi connectivity index (χ0n) is 15.1. The topological polar surface area (TPSA) is 80.6 Å². The molecule has 1 N–H and O–H groups in total. The maximum Gasteiger partial charge on any atom is 0.260 e. The lowest BCUT2D eigenvalue weighted by atomic mass is 10.2. The van der Waals surface area contributed by atoms with Gasteiger partial charge in [0, 0.05) is 17.5 Å². The van der Waals surface area contributed by atoms with Crippen LogP contribution in [0.3, 0.4) is 0 Å². The largest absolute Gasteiger partial charge is 0.464 e. The van der Waals surface area contributed by atoms with Gasteiger partial charge in [-0.25, -0.2) is 4.98 Å². The maximum absolute atomic E-state index is 12.7. The molecule has 1 aliphatic rings. The molecule has 0 atom stereocenters. The predicted molar refractivity (Wildman–Crippen MR) is 106 cm³/mol. The minimum atomic E-state index is -0.149. The average molecular weight is 395 g/mol. The molecule has 0 spiro atoms. The molecule has 8 heteroatoms. The number of furan rings is 1. The van der Waals surface area contributed by atoms with E-state index in [4.69, 9.17) is 13.9 Å². The number of hydrogen-bond acceptors (Lipinski definition) is 7. The van der Waals surface area contributed by atoms with Crippen molar-refractivity contribution >= 4 is 21.6 Å². The number of aromatic amines is 1. The van der Waals surface area contributed by atoms with Gasteiger partial charge in [0.05, 0.1) is 18.2 Å². The van der Waals surface area contributed by atoms with Gasteiger partial charge in [-0.15, -0.1) is 11.3 Å². The number of H-pyrrole nitrogens is 1. The summed E-state index contributed by atoms with van der Waals surface area (Å²) in [5.74, 6) is 2.84. The summed E-state index contributed by atoms with van der Waals surface area (Å²) in [7, 11) is 1.98. The molecule has 5 rings (SSSR count). The molecule has 0 amide bonds. The fourth-order valence-corrected chi connectivity index (χ4v) is 4.29. The Morgan fingerprint density at radius 1 is 1.21 bits per heavy atom. The van der Waals surface area contributed by atoms with Crippen LogP contribution >= 0.6 is 11.3 Å². The van der Waals surface area contributed by atoms with E-state index in [2.05, 4.69) is 14.9 Å². The smallest absolute Gasteiger partial charge is 0.260 e. The highest BCUT2D eigenvalue weighted by Gasteiger charge is 2.16. The summed E-state index contributed by atoms with van der Waals surface area (Å²) in [6.45, 7) is 1.48. The molecule has 0 saturated heterocycles. The van der Waals surface area contributed by atoms with Crippen molar-refractivity contribution < 1.29 is 13.9 Å². The second-order valence-corrected chi connectivity index (χ2v) is 7.54. The van der Waals surface area contributed by atoms with Gasteiger partial charge in [0.1, 0.15) is 16.4 Å². The van der Waals surface area contributed by atoms with Crippen molar-refractivity contribution in [3.63, 3.8) is 0 Å². The van der Waals surface area contributed by atoms with Crippen molar-refractivity contribution in [1.29, 1.82) is 0 Å². The number of fused-ring (bicyclic) bond motifs is 2. The van der Waals surface area contributed by atoms with Crippen molar-refractivity contribution in [2.24, 2.45) is 0 Å². The van der Waals surface area contributed by atoms with E-state index in [1.807, 2.05) is 36.7 Å². The third-order valence-electron chi connectivity index (χ3n) is 4.59. The fraction of sp³-hybridized carbons (Fsp3) is 0.200. The number of hydrogen-bond donors (Lipinski definition) is 1. The molecule has 0 saturated carbocycles. The Kier molecular flexibility index (Phi) is 4.14. The normalized spacial score (nSPS) is 12.9. The van der Waals surface area contributed by atoms with Crippen LogP contribution in [0.1, 0.15) is 11.4 Å². The van der Waals surface area contributed by atoms with Crippen LogP contribution in [-0.2, 0) is 13.1 Å². The van der Waals surface area contributed by atoms with E-state index in [1.54, 1.807) is 12.3 Å². The summed E-state index contributed by atoms with van der Waals surface area (Å²) < 4.78 is 16.2. The molecule has 0 radical (unpaired) electrons. The van der Waals surface area contributed by atoms with Crippen LogP contribution in [0, 0.1) is 0 Å². The predicted octanol–water partition coefficient (Wildman–Crippen LogP) is 3.61. The Balaban J connectivity index is 1.37. The van der Waals surface area contributed by atoms with E-state index in [0.29, 0.717) is 34.9 Å². The fourth-order valence-electron chi connectivity index (χ4n) is 3.34. The third kappa shape index (κ3) is 3.06. The molecular formula is C20H17N3O4S. The van der Waals surface area contributed by atoms with Crippen LogP contribution in [0.15, 0.2) is 51.2 Å². The summed E-state index contributed by atoms with van der Waals surface area (Å²) in [6, 6.07) is 9.55. The number of rotatable bonds is 5. The second kappa shape index (κ2) is 6.81. The Labute approximate surface area is 164 Å². The van der Waals surface area contributed by atoms with Gasteiger partial charge in [-0.2, -0.15) is 0 Å². The van der Waals surface area contributed by atoms with Crippen LogP contribution in [0.2, 0.25) is 0 Å². The number of benzene rings is 1. The molecule has 0 bridgehead atoms. The lowest BCUT2D eigenvalue weighted by molar-refractivity contribution is 0.174. The van der Waals surface area contributed by atoms with E-state index in [0.717, 1.165) is 22.6 Å². The summed E-state index contributed by atoms with van der Waals surface area (Å²) in [5, 5.41) is 2.48. The molecule has 0 fully saturated rings. The zero-order valence-corrected chi connectivity index (χ0v) is 15.9. The third-order valence-corrected chi connectivity index (χ3v) is 5.46. The first-order valence-electron chi connectivity index (χ1n) is 8.79. The van der Waals surface area contributed by atoms with Gasteiger partial charge in [0.2, 0.25) is 6.79 Å². The molecule has 3 aromatic heterocycles. The number of aromatic nitrogens is 2. The molecule has 0 unspecified atom stereocenters. The first-order chi connectivity index (χ1) is 13.7. The van der Waals surface area contributed by atoms with E-state index < -0.39 is 0 Å². The monoisotopic (exact) mass is 395 g/mol. The summed E-state index contributed by atoms with van der Waals surface area (Å²) in [4.78, 5) is 23.0. The Bertz CT molecular complexity index is 1200. The molecule has 0 aliphatic carbocycles. The number of ether oxygens (including phenoxy) is 2. The lowest BCUT2D eigenvalue weighted by Gasteiger charge is -2.16. The van der Waals surface area contributed by atoms with E-state index in [9.17, 15) is 4.79 Å². The highest BCUT2D eigenvalue weighted by molar-refractivity contribution is 7.17. The van der Waals surface area contributed by atoms with Crippen LogP contribution in [0.25, 0.3) is 21.5 Å². The maximum atomic E-state index is 12.7. The van der Waals surface area contributed by atoms with Gasteiger partial charge in [-0.1, -0.05) is 6.07 Å². The SMILES string of the molecule is CN(Cc1ccc2c(c1)OCO2)Cc1nc2scc(-c3ccco3)c2c(=O)[nH]1. The van der Waals surface area contributed by atoms with Gasteiger partial charge in [0.25, 0.3) is 5.56 Å². The molecule has 4 aromatic rings. The molecule has 28 heavy (non-hydrogen) atoms. The molecular weight excluding hydrogens is 378 g/mol. The number of nitrogens with one attached hydrogen (secondary N) is 1. The summed E-state index contributed by atoms with van der Waals surface area (Å²) in [5.41, 5.74) is 1.73. The summed E-state index contributed by atoms with van der Waals surface area (Å²) >= 11 is 1.45. The van der Waals surface area contributed by atoms with Crippen molar-refractivity contribution in [2.75, 3.05) is 13.8 Å². The first kappa shape index (κ1) is 17.0. The zero-order chi connectivity index (χ0) is 19.1. The van der Waals surface area contributed by atoms with E-state index in [1.165, 1.54) is 11.3 Å². The van der Waals surface area contributed by atoms with Crippen molar-refractivity contribution in [2.45, 2.75) is 13.1 Å². The van der Waals surface area contributed by atoms with Gasteiger partial charge < -0.3 is 18.9 Å². The van der Waals surface area contributed by atoms with Crippen molar-refractivity contribution in [3.8, 4) is 22.8 Å². The minimum absolute atomic E-state index is 0.149. The van der Waals surface area contributed by atoms with Crippen LogP contribution in [0.5, 0.6) is 11.5 Å². The molecule has 7 nitrogen and oxygen atoms in total. The van der Waals surface area contributed by atoms with E-state index in [-0.39, 0.29) is 12.4 Å². The van der Waals surface area contributed by atoms with Gasteiger partial charge in [-0.05, 0) is 36.9 Å². The standard InChI is InChI=1S/C20H17N3O4S/c1-23(8-12-4-5-15-16(7-12)27-11-26-15)9-17-21-19(24)18-13(10-28-20(18)22-17)14-3-2-6-25-14/h2-7,10H,8-9,11H2,1H3,(H,21,22,24). The van der Waals surface area contributed by atoms with Crippen molar-refractivity contribution in [3.05, 3.63) is 63.7 Å². The second-order valence-electron chi connectivity index (χ2n) is 6.68. The molecule has 1 aliphatic heterocycles. The average Bonchev–Trinajstić information content (AvgIpc) is 3.41. The molecule has 4 heterocycles. The number of thiophene rings is 1.